The molecule has 0 saturated heterocycles. The maximum absolute atomic E-state index is 12.2. The van der Waals surface area contributed by atoms with E-state index in [0.29, 0.717) is 9.13 Å². The highest BCUT2D eigenvalue weighted by Crippen LogP contribution is 2.27. The first-order valence-electron chi connectivity index (χ1n) is 5.42. The summed E-state index contributed by atoms with van der Waals surface area (Å²) in [6.45, 7) is 1.81. The predicted octanol–water partition coefficient (Wildman–Crippen LogP) is 3.43. The van der Waals surface area contributed by atoms with Crippen LogP contribution in [-0.4, -0.2) is 23.9 Å². The van der Waals surface area contributed by atoms with Crippen LogP contribution in [0.4, 0.5) is 13.2 Å². The Kier molecular flexibility index (Phi) is 6.31. The minimum Gasteiger partial charge on any atom is -0.466 e. The van der Waals surface area contributed by atoms with Gasteiger partial charge in [-0.2, -0.15) is 0 Å². The first kappa shape index (κ1) is 17.3. The molecule has 9 heteroatoms. The zero-order valence-electron chi connectivity index (χ0n) is 10.3. The molecule has 0 saturated carbocycles. The van der Waals surface area contributed by atoms with Crippen LogP contribution in [0.1, 0.15) is 18.2 Å². The molecule has 0 unspecified atom stereocenters. The van der Waals surface area contributed by atoms with E-state index in [1.807, 2.05) is 22.6 Å². The lowest BCUT2D eigenvalue weighted by Gasteiger charge is -2.12. The van der Waals surface area contributed by atoms with Gasteiger partial charge in [0.15, 0.2) is 0 Å². The highest BCUT2D eigenvalue weighted by Gasteiger charge is 2.32. The average Bonchev–Trinajstić information content (AvgIpc) is 2.31. The van der Waals surface area contributed by atoms with Crippen LogP contribution in [0.3, 0.4) is 0 Å². The summed E-state index contributed by atoms with van der Waals surface area (Å²) in [6.07, 6.45) is -5.10. The number of pyridine rings is 1. The van der Waals surface area contributed by atoms with Gasteiger partial charge in [0.05, 0.1) is 18.7 Å². The summed E-state index contributed by atoms with van der Waals surface area (Å²) >= 11 is 7.52. The van der Waals surface area contributed by atoms with Gasteiger partial charge in [-0.05, 0) is 35.1 Å². The van der Waals surface area contributed by atoms with E-state index in [0.717, 1.165) is 6.07 Å². The third-order valence-corrected chi connectivity index (χ3v) is 3.66. The van der Waals surface area contributed by atoms with E-state index in [-0.39, 0.29) is 24.6 Å². The fourth-order valence-corrected chi connectivity index (χ4v) is 2.44. The molecule has 0 amide bonds. The number of halogens is 5. The molecule has 0 aliphatic rings. The van der Waals surface area contributed by atoms with E-state index < -0.39 is 18.2 Å². The maximum atomic E-state index is 12.2. The molecule has 20 heavy (non-hydrogen) atoms. The van der Waals surface area contributed by atoms with Gasteiger partial charge in [0, 0.05) is 15.5 Å². The van der Waals surface area contributed by atoms with Crippen molar-refractivity contribution in [2.45, 2.75) is 25.6 Å². The van der Waals surface area contributed by atoms with Crippen molar-refractivity contribution in [1.29, 1.82) is 0 Å². The number of rotatable bonds is 5. The van der Waals surface area contributed by atoms with Crippen LogP contribution in [-0.2, 0) is 21.8 Å². The van der Waals surface area contributed by atoms with E-state index in [2.05, 4.69) is 9.72 Å². The Morgan fingerprint density at radius 1 is 1.50 bits per heavy atom. The van der Waals surface area contributed by atoms with Crippen molar-refractivity contribution in [1.82, 2.24) is 4.98 Å². The quantitative estimate of drug-likeness (QED) is 0.414. The van der Waals surface area contributed by atoms with Crippen LogP contribution < -0.4 is 4.74 Å². The Morgan fingerprint density at radius 2 is 2.15 bits per heavy atom. The van der Waals surface area contributed by atoms with Gasteiger partial charge >= 0.3 is 12.3 Å². The summed E-state index contributed by atoms with van der Waals surface area (Å²) in [6, 6.07) is 1.09. The molecule has 1 aromatic rings. The van der Waals surface area contributed by atoms with Gasteiger partial charge < -0.3 is 9.47 Å². The van der Waals surface area contributed by atoms with Crippen LogP contribution in [0.15, 0.2) is 6.07 Å². The summed E-state index contributed by atoms with van der Waals surface area (Å²) in [4.78, 5) is 15.1. The predicted molar refractivity (Wildman–Crippen MR) is 73.5 cm³/mol. The molecular weight excluding hydrogens is 413 g/mol. The third kappa shape index (κ3) is 5.31. The monoisotopic (exact) mass is 423 g/mol. The Hall–Kier alpha value is -0.770. The van der Waals surface area contributed by atoms with Crippen molar-refractivity contribution in [2.24, 2.45) is 0 Å². The first-order chi connectivity index (χ1) is 9.26. The second kappa shape index (κ2) is 7.30. The molecule has 0 aromatic carbocycles. The highest BCUT2D eigenvalue weighted by molar-refractivity contribution is 14.1. The Balaban J connectivity index is 3.08. The smallest absolute Gasteiger partial charge is 0.466 e. The molecule has 1 rings (SSSR count). The highest BCUT2D eigenvalue weighted by atomic mass is 127. The standard InChI is InChI=1S/C11H10ClF3INO3/c1-2-19-9(18)4-7-10(16)6(5-12)3-8(17-7)20-11(13,14)15/h3H,2,4-5H2,1H3. The lowest BCUT2D eigenvalue weighted by molar-refractivity contribution is -0.276. The van der Waals surface area contributed by atoms with Gasteiger partial charge in [0.1, 0.15) is 0 Å². The lowest BCUT2D eigenvalue weighted by Crippen LogP contribution is -2.19. The second-order valence-corrected chi connectivity index (χ2v) is 4.89. The van der Waals surface area contributed by atoms with Crippen LogP contribution in [0.5, 0.6) is 5.88 Å². The van der Waals surface area contributed by atoms with E-state index in [1.54, 1.807) is 6.92 Å². The minimum absolute atomic E-state index is 0.0230. The van der Waals surface area contributed by atoms with Crippen LogP contribution in [0.2, 0.25) is 0 Å². The Morgan fingerprint density at radius 3 is 2.65 bits per heavy atom. The third-order valence-electron chi connectivity index (χ3n) is 2.06. The molecule has 0 fully saturated rings. The van der Waals surface area contributed by atoms with Crippen molar-refractivity contribution >= 4 is 40.2 Å². The molecule has 0 bridgehead atoms. The fraction of sp³-hybridized carbons (Fsp3) is 0.455. The number of nitrogens with zero attached hydrogens (tertiary/aromatic N) is 1. The zero-order chi connectivity index (χ0) is 15.3. The van der Waals surface area contributed by atoms with Crippen LogP contribution in [0.25, 0.3) is 0 Å². The molecule has 4 nitrogen and oxygen atoms in total. The summed E-state index contributed by atoms with van der Waals surface area (Å²) < 4.78 is 45.6. The zero-order valence-corrected chi connectivity index (χ0v) is 13.2. The van der Waals surface area contributed by atoms with Crippen molar-refractivity contribution in [3.8, 4) is 5.88 Å². The Labute approximate surface area is 131 Å². The van der Waals surface area contributed by atoms with Crippen LogP contribution >= 0.6 is 34.2 Å². The van der Waals surface area contributed by atoms with Crippen molar-refractivity contribution in [2.75, 3.05) is 6.61 Å². The largest absolute Gasteiger partial charge is 0.574 e. The number of alkyl halides is 4. The lowest BCUT2D eigenvalue weighted by atomic mass is 10.2. The second-order valence-electron chi connectivity index (χ2n) is 3.54. The number of ether oxygens (including phenoxy) is 2. The molecule has 0 aliphatic heterocycles. The molecule has 1 aromatic heterocycles. The number of carbonyl (C=O) groups excluding carboxylic acids is 1. The van der Waals surface area contributed by atoms with Crippen molar-refractivity contribution < 1.29 is 27.4 Å². The summed E-state index contributed by atoms with van der Waals surface area (Å²) in [5.41, 5.74) is 0.544. The van der Waals surface area contributed by atoms with Gasteiger partial charge in [0.2, 0.25) is 5.88 Å². The van der Waals surface area contributed by atoms with Gasteiger partial charge in [-0.15, -0.1) is 24.8 Å². The fourth-order valence-electron chi connectivity index (χ4n) is 1.35. The Bertz CT molecular complexity index is 497. The molecule has 1 heterocycles. The minimum atomic E-state index is -4.86. The molecular formula is C11H10ClF3INO3. The van der Waals surface area contributed by atoms with E-state index >= 15 is 0 Å². The number of aromatic nitrogens is 1. The van der Waals surface area contributed by atoms with Gasteiger partial charge in [-0.1, -0.05) is 0 Å². The summed E-state index contributed by atoms with van der Waals surface area (Å²) in [5, 5.41) is 0. The number of hydrogen-bond acceptors (Lipinski definition) is 4. The van der Waals surface area contributed by atoms with Gasteiger partial charge in [-0.3, -0.25) is 4.79 Å². The van der Waals surface area contributed by atoms with E-state index in [1.165, 1.54) is 0 Å². The first-order valence-corrected chi connectivity index (χ1v) is 7.03. The molecule has 0 N–H and O–H groups in total. The topological polar surface area (TPSA) is 48.4 Å². The molecule has 0 spiro atoms. The van der Waals surface area contributed by atoms with E-state index in [9.17, 15) is 18.0 Å². The van der Waals surface area contributed by atoms with Crippen LogP contribution in [0, 0.1) is 3.57 Å². The molecule has 0 aliphatic carbocycles. The van der Waals surface area contributed by atoms with Crippen molar-refractivity contribution in [3.05, 3.63) is 20.9 Å². The van der Waals surface area contributed by atoms with Crippen molar-refractivity contribution in [3.63, 3.8) is 0 Å². The SMILES string of the molecule is CCOC(=O)Cc1nc(OC(F)(F)F)cc(CCl)c1I. The molecule has 0 atom stereocenters. The molecule has 112 valence electrons. The van der Waals surface area contributed by atoms with Gasteiger partial charge in [-0.25, -0.2) is 4.98 Å². The van der Waals surface area contributed by atoms with Gasteiger partial charge in [0.25, 0.3) is 0 Å². The summed E-state index contributed by atoms with van der Waals surface area (Å²) in [7, 11) is 0. The number of carbonyl (C=O) groups is 1. The number of hydrogen-bond donors (Lipinski definition) is 0. The number of esters is 1. The normalized spacial score (nSPS) is 11.3. The summed E-state index contributed by atoms with van der Waals surface area (Å²) in [5.74, 6) is -1.25. The maximum Gasteiger partial charge on any atom is 0.574 e. The molecule has 0 radical (unpaired) electrons. The average molecular weight is 424 g/mol. The van der Waals surface area contributed by atoms with E-state index in [4.69, 9.17) is 16.3 Å².